The zero-order valence-electron chi connectivity index (χ0n) is 18.8. The monoisotopic (exact) mass is 453 g/mol. The van der Waals surface area contributed by atoms with E-state index in [1.807, 2.05) is 36.4 Å². The van der Waals surface area contributed by atoms with Gasteiger partial charge in [-0.1, -0.05) is 60.7 Å². The molecule has 0 radical (unpaired) electrons. The first-order valence-corrected chi connectivity index (χ1v) is 10.7. The molecule has 34 heavy (non-hydrogen) atoms. The molecule has 170 valence electrons. The third-order valence-electron chi connectivity index (χ3n) is 5.18. The lowest BCUT2D eigenvalue weighted by Crippen LogP contribution is -2.29. The summed E-state index contributed by atoms with van der Waals surface area (Å²) in [5.74, 6) is -0.709. The lowest BCUT2D eigenvalue weighted by Gasteiger charge is -2.11. The third-order valence-corrected chi connectivity index (χ3v) is 5.18. The minimum atomic E-state index is -0.532. The predicted molar refractivity (Wildman–Crippen MR) is 132 cm³/mol. The molecule has 4 aromatic rings. The fraction of sp³-hybridized carbons (Fsp3) is 0.115. The number of nitrogens with one attached hydrogen (secondary N) is 2. The van der Waals surface area contributed by atoms with Gasteiger partial charge in [-0.15, -0.1) is 0 Å². The molecule has 0 saturated heterocycles. The van der Waals surface area contributed by atoms with Gasteiger partial charge in [0.2, 0.25) is 5.91 Å². The number of fused-ring (bicyclic) bond motifs is 1. The van der Waals surface area contributed by atoms with Crippen molar-refractivity contribution in [3.05, 3.63) is 106 Å². The summed E-state index contributed by atoms with van der Waals surface area (Å²) < 4.78 is 1.29. The largest absolute Gasteiger partial charge is 0.326 e. The highest BCUT2D eigenvalue weighted by Gasteiger charge is 2.17. The van der Waals surface area contributed by atoms with Crippen molar-refractivity contribution < 1.29 is 9.59 Å². The molecule has 4 rings (SSSR count). The molecule has 2 amide bonds. The number of nitrogens with zero attached hydrogens (tertiary/aromatic N) is 3. The highest BCUT2D eigenvalue weighted by Crippen LogP contribution is 2.15. The van der Waals surface area contributed by atoms with Gasteiger partial charge >= 0.3 is 0 Å². The van der Waals surface area contributed by atoms with E-state index < -0.39 is 5.91 Å². The average Bonchev–Trinajstić information content (AvgIpc) is 2.84. The summed E-state index contributed by atoms with van der Waals surface area (Å²) >= 11 is 0. The van der Waals surface area contributed by atoms with E-state index >= 15 is 0 Å². The van der Waals surface area contributed by atoms with Gasteiger partial charge in [-0.2, -0.15) is 10.2 Å². The number of carbonyl (C=O) groups is 2. The normalized spacial score (nSPS) is 11.3. The Morgan fingerprint density at radius 2 is 1.62 bits per heavy atom. The molecule has 0 spiro atoms. The first-order valence-electron chi connectivity index (χ1n) is 10.7. The second-order valence-corrected chi connectivity index (χ2v) is 7.74. The van der Waals surface area contributed by atoms with E-state index in [1.54, 1.807) is 49.4 Å². The molecule has 0 aliphatic carbocycles. The van der Waals surface area contributed by atoms with Gasteiger partial charge in [0.05, 0.1) is 17.6 Å². The van der Waals surface area contributed by atoms with Crippen molar-refractivity contribution in [2.24, 2.45) is 5.10 Å². The Morgan fingerprint density at radius 3 is 2.35 bits per heavy atom. The number of benzene rings is 3. The van der Waals surface area contributed by atoms with Gasteiger partial charge in [-0.3, -0.25) is 14.4 Å². The van der Waals surface area contributed by atoms with E-state index in [4.69, 9.17) is 0 Å². The van der Waals surface area contributed by atoms with Crippen LogP contribution in [0.4, 0.5) is 5.69 Å². The van der Waals surface area contributed by atoms with E-state index in [-0.39, 0.29) is 23.7 Å². The van der Waals surface area contributed by atoms with Crippen LogP contribution in [-0.2, 0) is 11.3 Å². The zero-order valence-corrected chi connectivity index (χ0v) is 18.8. The molecule has 0 aliphatic rings. The molecule has 0 unspecified atom stereocenters. The van der Waals surface area contributed by atoms with E-state index in [2.05, 4.69) is 20.9 Å². The summed E-state index contributed by atoms with van der Waals surface area (Å²) in [5, 5.41) is 12.2. The van der Waals surface area contributed by atoms with Gasteiger partial charge in [0.1, 0.15) is 0 Å². The van der Waals surface area contributed by atoms with Crippen molar-refractivity contribution in [3.63, 3.8) is 0 Å². The van der Waals surface area contributed by atoms with Crippen molar-refractivity contribution in [1.82, 2.24) is 15.2 Å². The summed E-state index contributed by atoms with van der Waals surface area (Å²) in [6.45, 7) is 3.42. The van der Waals surface area contributed by atoms with Crippen LogP contribution in [-0.4, -0.2) is 27.3 Å². The van der Waals surface area contributed by atoms with Gasteiger partial charge < -0.3 is 5.32 Å². The molecule has 1 aromatic heterocycles. The molecule has 1 heterocycles. The topological polar surface area (TPSA) is 105 Å². The van der Waals surface area contributed by atoms with Crippen LogP contribution in [0.2, 0.25) is 0 Å². The van der Waals surface area contributed by atoms with Crippen molar-refractivity contribution >= 4 is 34.0 Å². The lowest BCUT2D eigenvalue weighted by molar-refractivity contribution is -0.114. The van der Waals surface area contributed by atoms with Crippen LogP contribution >= 0.6 is 0 Å². The number of aromatic nitrogens is 2. The van der Waals surface area contributed by atoms with Crippen LogP contribution < -0.4 is 16.3 Å². The summed E-state index contributed by atoms with van der Waals surface area (Å²) in [5.41, 5.74) is 5.18. The molecule has 0 saturated carbocycles. The Hall–Kier alpha value is -4.59. The maximum atomic E-state index is 13.1. The summed E-state index contributed by atoms with van der Waals surface area (Å²) in [6, 6.07) is 23.5. The third kappa shape index (κ3) is 5.07. The van der Waals surface area contributed by atoms with Crippen molar-refractivity contribution in [2.75, 3.05) is 5.32 Å². The summed E-state index contributed by atoms with van der Waals surface area (Å²) in [6.07, 6.45) is 0. The number of hydrazone groups is 1. The van der Waals surface area contributed by atoms with Gasteiger partial charge in [-0.05, 0) is 36.2 Å². The summed E-state index contributed by atoms with van der Waals surface area (Å²) in [7, 11) is 0. The second kappa shape index (κ2) is 9.91. The average molecular weight is 454 g/mol. The zero-order chi connectivity index (χ0) is 24.1. The van der Waals surface area contributed by atoms with Crippen LogP contribution in [0.1, 0.15) is 35.5 Å². The van der Waals surface area contributed by atoms with Crippen LogP contribution in [0.25, 0.3) is 10.8 Å². The van der Waals surface area contributed by atoms with E-state index in [0.29, 0.717) is 22.2 Å². The lowest BCUT2D eigenvalue weighted by atomic mass is 10.1. The molecule has 2 N–H and O–H groups in total. The Bertz CT molecular complexity index is 1460. The molecule has 8 heteroatoms. The minimum absolute atomic E-state index is 0.106. The van der Waals surface area contributed by atoms with Crippen molar-refractivity contribution in [2.45, 2.75) is 20.4 Å². The Morgan fingerprint density at radius 1 is 0.912 bits per heavy atom. The second-order valence-electron chi connectivity index (χ2n) is 7.74. The fourth-order valence-electron chi connectivity index (χ4n) is 3.54. The Balaban J connectivity index is 1.65. The molecular formula is C26H23N5O3. The molecule has 0 atom stereocenters. The smallest absolute Gasteiger partial charge is 0.292 e. The molecule has 0 aliphatic heterocycles. The molecule has 0 fully saturated rings. The van der Waals surface area contributed by atoms with Crippen molar-refractivity contribution in [3.8, 4) is 0 Å². The predicted octanol–water partition coefficient (Wildman–Crippen LogP) is 3.56. The maximum Gasteiger partial charge on any atom is 0.292 e. The van der Waals surface area contributed by atoms with Gasteiger partial charge in [0.25, 0.3) is 11.5 Å². The molecule has 0 bridgehead atoms. The Labute approximate surface area is 195 Å². The highest BCUT2D eigenvalue weighted by atomic mass is 16.2. The molecule has 8 nitrogen and oxygen atoms in total. The number of rotatable bonds is 6. The van der Waals surface area contributed by atoms with Crippen LogP contribution in [0.5, 0.6) is 0 Å². The molecular weight excluding hydrogens is 430 g/mol. The van der Waals surface area contributed by atoms with Crippen molar-refractivity contribution in [1.29, 1.82) is 0 Å². The van der Waals surface area contributed by atoms with Crippen LogP contribution in [0.3, 0.4) is 0 Å². The quantitative estimate of drug-likeness (QED) is 0.344. The Kier molecular flexibility index (Phi) is 6.59. The number of carbonyl (C=O) groups excluding carboxylic acids is 2. The molecule has 3 aromatic carbocycles. The van der Waals surface area contributed by atoms with E-state index in [9.17, 15) is 14.4 Å². The van der Waals surface area contributed by atoms with E-state index in [1.165, 1.54) is 11.6 Å². The van der Waals surface area contributed by atoms with E-state index in [0.717, 1.165) is 11.1 Å². The number of amides is 2. The maximum absolute atomic E-state index is 13.1. The van der Waals surface area contributed by atoms with Crippen LogP contribution in [0.15, 0.2) is 88.8 Å². The highest BCUT2D eigenvalue weighted by molar-refractivity contribution is 6.06. The number of hydrogen-bond acceptors (Lipinski definition) is 5. The van der Waals surface area contributed by atoms with Gasteiger partial charge in [0.15, 0.2) is 5.69 Å². The standard InChI is InChI=1S/C26H23N5O3/c1-17(20-11-8-12-21(15-20)27-18(2)32)28-29-25(33)24-22-13-6-7-14-23(22)26(34)31(30-24)16-19-9-4-3-5-10-19/h3-15H,16H2,1-2H3,(H,27,32)(H,29,33)/b28-17-. The first-order chi connectivity index (χ1) is 16.4. The van der Waals surface area contributed by atoms with Gasteiger partial charge in [0, 0.05) is 18.0 Å². The summed E-state index contributed by atoms with van der Waals surface area (Å²) in [4.78, 5) is 37.4. The minimum Gasteiger partial charge on any atom is -0.326 e. The van der Waals surface area contributed by atoms with Gasteiger partial charge in [-0.25, -0.2) is 10.1 Å². The SMILES string of the molecule is CC(=O)Nc1cccc(/C(C)=N\NC(=O)c2nn(Cc3ccccc3)c(=O)c3ccccc23)c1. The number of anilines is 1. The number of hydrogen-bond donors (Lipinski definition) is 2. The van der Waals surface area contributed by atoms with Crippen LogP contribution in [0, 0.1) is 0 Å². The fourth-order valence-corrected chi connectivity index (χ4v) is 3.54. The first kappa shape index (κ1) is 22.6.